The van der Waals surface area contributed by atoms with Gasteiger partial charge < -0.3 is 47.4 Å². The molecule has 3 aliphatic heterocycles. The van der Waals surface area contributed by atoms with Gasteiger partial charge in [0.1, 0.15) is 36.5 Å². The van der Waals surface area contributed by atoms with Gasteiger partial charge in [0.15, 0.2) is 37.0 Å². The van der Waals surface area contributed by atoms with Crippen LogP contribution < -0.4 is 0 Å². The van der Waals surface area contributed by atoms with E-state index in [2.05, 4.69) is 0 Å². The van der Waals surface area contributed by atoms with Gasteiger partial charge in [-0.05, 0) is 75.1 Å². The second kappa shape index (κ2) is 23.0. The number of hydrogen-bond acceptors (Lipinski definition) is 16. The standard InChI is InChI=1S/C54H54O15S/c1-5-70-52-45(69-53(59)54(2,3)4)43(41-39(63-52)32-61-50(67-41)37-29-19-10-20-30-37)68-51-44(66-49(58)36-27-17-9-18-28-36)42(65-48(57)35-25-15-8-16-26-35)40(64-47(56)34-23-13-7-14-24-34)38(62-51)31-60-46(55)33-21-11-6-12-22-33/h6-30,38-45,50-52H,5,31-32H2,1-4H3/t38-,39-,40-,41-,42+,43+,44-,45-,50?,51+,52+/m1/s1. The fourth-order valence-electron chi connectivity index (χ4n) is 8.00. The molecule has 0 aromatic heterocycles. The molecule has 0 radical (unpaired) electrons. The van der Waals surface area contributed by atoms with Crippen LogP contribution in [0.2, 0.25) is 0 Å². The molecule has 3 aliphatic rings. The molecule has 366 valence electrons. The topological polar surface area (TPSA) is 178 Å². The molecule has 1 unspecified atom stereocenters. The predicted octanol–water partition coefficient (Wildman–Crippen LogP) is 8.18. The van der Waals surface area contributed by atoms with Gasteiger partial charge in [-0.25, -0.2) is 19.2 Å². The molecular formula is C54H54O15S. The molecule has 0 amide bonds. The van der Waals surface area contributed by atoms with E-state index in [4.69, 9.17) is 47.4 Å². The van der Waals surface area contributed by atoms with Crippen molar-refractivity contribution in [2.75, 3.05) is 19.0 Å². The number of esters is 5. The molecule has 16 heteroatoms. The van der Waals surface area contributed by atoms with Crippen LogP contribution in [0.5, 0.6) is 0 Å². The number of carbonyl (C=O) groups is 5. The highest BCUT2D eigenvalue weighted by Crippen LogP contribution is 2.42. The summed E-state index contributed by atoms with van der Waals surface area (Å²) in [5.74, 6) is -3.40. The first-order valence-electron chi connectivity index (χ1n) is 23.0. The van der Waals surface area contributed by atoms with Crippen molar-refractivity contribution in [3.05, 3.63) is 179 Å². The van der Waals surface area contributed by atoms with Crippen LogP contribution in [0.3, 0.4) is 0 Å². The lowest BCUT2D eigenvalue weighted by Crippen LogP contribution is -2.67. The van der Waals surface area contributed by atoms with Gasteiger partial charge in [0, 0.05) is 5.56 Å². The van der Waals surface area contributed by atoms with Gasteiger partial charge in [-0.3, -0.25) is 4.79 Å². The van der Waals surface area contributed by atoms with Gasteiger partial charge in [-0.1, -0.05) is 110 Å². The van der Waals surface area contributed by atoms with Crippen molar-refractivity contribution in [2.45, 2.75) is 94.5 Å². The van der Waals surface area contributed by atoms with Crippen LogP contribution in [-0.4, -0.2) is 109 Å². The second-order valence-corrected chi connectivity index (χ2v) is 19.0. The molecule has 11 atom stereocenters. The highest BCUT2D eigenvalue weighted by molar-refractivity contribution is 7.99. The van der Waals surface area contributed by atoms with Crippen molar-refractivity contribution in [2.24, 2.45) is 5.41 Å². The Morgan fingerprint density at radius 1 is 0.543 bits per heavy atom. The number of fused-ring (bicyclic) bond motifs is 1. The molecule has 3 fully saturated rings. The maximum atomic E-state index is 14.4. The average Bonchev–Trinajstić information content (AvgIpc) is 3.38. The molecule has 0 saturated carbocycles. The minimum absolute atomic E-state index is 0.0373. The van der Waals surface area contributed by atoms with Crippen molar-refractivity contribution in [3.63, 3.8) is 0 Å². The van der Waals surface area contributed by atoms with E-state index in [0.717, 1.165) is 0 Å². The lowest BCUT2D eigenvalue weighted by Gasteiger charge is -2.51. The summed E-state index contributed by atoms with van der Waals surface area (Å²) in [5.41, 5.74) is -0.560. The minimum Gasteiger partial charge on any atom is -0.459 e. The number of rotatable bonds is 15. The summed E-state index contributed by atoms with van der Waals surface area (Å²) in [7, 11) is 0. The van der Waals surface area contributed by atoms with E-state index in [0.29, 0.717) is 11.3 Å². The zero-order valence-corrected chi connectivity index (χ0v) is 39.8. The first-order valence-corrected chi connectivity index (χ1v) is 24.0. The molecule has 3 heterocycles. The molecule has 15 nitrogen and oxygen atoms in total. The van der Waals surface area contributed by atoms with Crippen LogP contribution in [0.25, 0.3) is 0 Å². The largest absolute Gasteiger partial charge is 0.459 e. The summed E-state index contributed by atoms with van der Waals surface area (Å²) >= 11 is 1.36. The quantitative estimate of drug-likeness (QED) is 0.0724. The maximum Gasteiger partial charge on any atom is 0.338 e. The van der Waals surface area contributed by atoms with Gasteiger partial charge in [0.05, 0.1) is 34.3 Å². The van der Waals surface area contributed by atoms with Crippen LogP contribution in [-0.2, 0) is 52.2 Å². The molecular weight excluding hydrogens is 921 g/mol. The number of thioether (sulfide) groups is 1. The highest BCUT2D eigenvalue weighted by Gasteiger charge is 2.59. The predicted molar refractivity (Wildman–Crippen MR) is 253 cm³/mol. The molecule has 70 heavy (non-hydrogen) atoms. The van der Waals surface area contributed by atoms with Crippen molar-refractivity contribution in [3.8, 4) is 0 Å². The lowest BCUT2D eigenvalue weighted by molar-refractivity contribution is -0.365. The van der Waals surface area contributed by atoms with E-state index >= 15 is 0 Å². The molecule has 0 bridgehead atoms. The second-order valence-electron chi connectivity index (χ2n) is 17.6. The number of carbonyl (C=O) groups excluding carboxylic acids is 5. The minimum atomic E-state index is -1.75. The fourth-order valence-corrected chi connectivity index (χ4v) is 8.95. The van der Waals surface area contributed by atoms with Crippen LogP contribution in [0.4, 0.5) is 0 Å². The lowest BCUT2D eigenvalue weighted by atomic mass is 9.94. The van der Waals surface area contributed by atoms with Crippen molar-refractivity contribution in [1.29, 1.82) is 0 Å². The Balaban J connectivity index is 1.26. The van der Waals surface area contributed by atoms with E-state index in [-0.39, 0.29) is 28.9 Å². The third kappa shape index (κ3) is 12.1. The van der Waals surface area contributed by atoms with Gasteiger partial charge >= 0.3 is 29.8 Å². The van der Waals surface area contributed by atoms with Gasteiger partial charge in [0.2, 0.25) is 0 Å². The zero-order chi connectivity index (χ0) is 49.2. The smallest absolute Gasteiger partial charge is 0.338 e. The fraction of sp³-hybridized carbons (Fsp3) is 0.352. The Kier molecular flexibility index (Phi) is 16.4. The molecule has 5 aromatic rings. The van der Waals surface area contributed by atoms with Crippen LogP contribution >= 0.6 is 11.8 Å². The van der Waals surface area contributed by atoms with Crippen molar-refractivity contribution in [1.82, 2.24) is 0 Å². The zero-order valence-electron chi connectivity index (χ0n) is 38.9. The van der Waals surface area contributed by atoms with E-state index in [1.54, 1.807) is 106 Å². The Bertz CT molecular complexity index is 2530. The average molecular weight is 975 g/mol. The third-order valence-electron chi connectivity index (χ3n) is 11.6. The van der Waals surface area contributed by atoms with Crippen LogP contribution in [0.15, 0.2) is 152 Å². The summed E-state index contributed by atoms with van der Waals surface area (Å²) in [6.45, 7) is 6.51. The van der Waals surface area contributed by atoms with E-state index in [1.807, 2.05) is 37.3 Å². The molecule has 0 spiro atoms. The van der Waals surface area contributed by atoms with Crippen LogP contribution in [0.1, 0.15) is 81.0 Å². The molecule has 0 aliphatic carbocycles. The van der Waals surface area contributed by atoms with Crippen molar-refractivity contribution >= 4 is 41.6 Å². The first-order chi connectivity index (χ1) is 33.9. The van der Waals surface area contributed by atoms with Gasteiger partial charge in [-0.15, -0.1) is 11.8 Å². The van der Waals surface area contributed by atoms with E-state index < -0.39 is 109 Å². The summed E-state index contributed by atoms with van der Waals surface area (Å²) in [6.07, 6.45) is -13.5. The third-order valence-corrected chi connectivity index (χ3v) is 12.6. The summed E-state index contributed by atoms with van der Waals surface area (Å²) in [6, 6.07) is 41.6. The Labute approximate surface area is 409 Å². The molecule has 5 aromatic carbocycles. The SMILES string of the molecule is CCS[C@@H]1O[C@@H]2COC(c3ccccc3)O[C@H]2[C@H](O[C@@H]2O[C@H](COC(=O)c3ccccc3)[C@@H](OC(=O)c3ccccc3)[C@H](OC(=O)c3ccccc3)[C@H]2OC(=O)c2ccccc2)[C@H]1OC(=O)C(C)(C)C. The summed E-state index contributed by atoms with van der Waals surface area (Å²) in [4.78, 5) is 70.4. The van der Waals surface area contributed by atoms with Gasteiger partial charge in [0.25, 0.3) is 0 Å². The number of benzene rings is 5. The maximum absolute atomic E-state index is 14.4. The summed E-state index contributed by atoms with van der Waals surface area (Å²) in [5, 5.41) is 0. The van der Waals surface area contributed by atoms with E-state index in [1.165, 1.54) is 48.2 Å². The summed E-state index contributed by atoms with van der Waals surface area (Å²) < 4.78 is 64.5. The molecule has 3 saturated heterocycles. The molecule has 8 rings (SSSR count). The van der Waals surface area contributed by atoms with E-state index in [9.17, 15) is 24.0 Å². The normalized spacial score (nSPS) is 26.4. The Hall–Kier alpha value is -6.40. The Morgan fingerprint density at radius 3 is 1.51 bits per heavy atom. The molecule has 0 N–H and O–H groups in total. The highest BCUT2D eigenvalue weighted by atomic mass is 32.2. The Morgan fingerprint density at radius 2 is 1.01 bits per heavy atom. The number of hydrogen-bond donors (Lipinski definition) is 0. The van der Waals surface area contributed by atoms with Crippen molar-refractivity contribution < 1.29 is 71.3 Å². The number of ether oxygens (including phenoxy) is 10. The monoisotopic (exact) mass is 974 g/mol. The first kappa shape index (κ1) is 50.0. The van der Waals surface area contributed by atoms with Gasteiger partial charge in [-0.2, -0.15) is 0 Å². The van der Waals surface area contributed by atoms with Crippen LogP contribution in [0, 0.1) is 5.41 Å².